The summed E-state index contributed by atoms with van der Waals surface area (Å²) in [6.07, 6.45) is 0. The highest BCUT2D eigenvalue weighted by Gasteiger charge is 2.23. The molecule has 0 saturated heterocycles. The van der Waals surface area contributed by atoms with Crippen LogP contribution in [0.5, 0.6) is 0 Å². The molecule has 2 rings (SSSR count). The molecule has 104 valence electrons. The van der Waals surface area contributed by atoms with Gasteiger partial charge in [-0.2, -0.15) is 0 Å². The highest BCUT2D eigenvalue weighted by molar-refractivity contribution is 8.01. The van der Waals surface area contributed by atoms with Gasteiger partial charge in [-0.25, -0.2) is 9.18 Å². The van der Waals surface area contributed by atoms with Crippen LogP contribution in [0.4, 0.5) is 10.1 Å². The van der Waals surface area contributed by atoms with Crippen molar-refractivity contribution in [3.05, 3.63) is 39.1 Å². The Morgan fingerprint density at radius 1 is 1.55 bits per heavy atom. The van der Waals surface area contributed by atoms with Gasteiger partial charge in [0, 0.05) is 0 Å². The van der Waals surface area contributed by atoms with Gasteiger partial charge in [-0.05, 0) is 6.07 Å². The summed E-state index contributed by atoms with van der Waals surface area (Å²) in [7, 11) is 1.10. The molecular formula is C10H6FN3O4S2. The van der Waals surface area contributed by atoms with Crippen molar-refractivity contribution in [3.8, 4) is 0 Å². The zero-order valence-electron chi connectivity index (χ0n) is 9.90. The Bertz CT molecular complexity index is 663. The van der Waals surface area contributed by atoms with Crippen LogP contribution in [0.2, 0.25) is 0 Å². The van der Waals surface area contributed by atoms with Gasteiger partial charge in [0.1, 0.15) is 11.3 Å². The number of carbonyl (C=O) groups is 1. The van der Waals surface area contributed by atoms with Gasteiger partial charge in [-0.15, -0.1) is 10.2 Å². The molecule has 1 aromatic carbocycles. The van der Waals surface area contributed by atoms with E-state index in [1.807, 2.05) is 0 Å². The molecule has 0 N–H and O–H groups in total. The predicted molar refractivity (Wildman–Crippen MR) is 68.4 cm³/mol. The lowest BCUT2D eigenvalue weighted by molar-refractivity contribution is -0.387. The molecule has 0 aliphatic carbocycles. The molecule has 0 fully saturated rings. The lowest BCUT2D eigenvalue weighted by Crippen LogP contribution is -2.06. The molecule has 0 amide bonds. The van der Waals surface area contributed by atoms with Crippen LogP contribution < -0.4 is 0 Å². The van der Waals surface area contributed by atoms with E-state index in [1.165, 1.54) is 16.8 Å². The summed E-state index contributed by atoms with van der Waals surface area (Å²) in [5.41, 5.74) is 0.638. The standard InChI is InChI=1S/C10H6FN3O4S2/c1-18-9(15)5-2-8(20-10-13-12-4-19-10)7(14(16)17)3-6(5)11/h2-4H,1H3. The molecule has 0 spiro atoms. The maximum Gasteiger partial charge on any atom is 0.340 e. The van der Waals surface area contributed by atoms with Crippen LogP contribution in [-0.2, 0) is 4.74 Å². The van der Waals surface area contributed by atoms with Crippen molar-refractivity contribution < 1.29 is 18.8 Å². The highest BCUT2D eigenvalue weighted by Crippen LogP contribution is 2.37. The van der Waals surface area contributed by atoms with E-state index in [2.05, 4.69) is 14.9 Å². The first-order valence-electron chi connectivity index (χ1n) is 5.03. The zero-order chi connectivity index (χ0) is 14.7. The molecule has 2 aromatic rings. The van der Waals surface area contributed by atoms with Gasteiger partial charge < -0.3 is 4.74 Å². The Hall–Kier alpha value is -2.07. The van der Waals surface area contributed by atoms with Crippen molar-refractivity contribution in [2.75, 3.05) is 7.11 Å². The monoisotopic (exact) mass is 315 g/mol. The molecule has 0 radical (unpaired) electrons. The third kappa shape index (κ3) is 2.91. The molecule has 0 unspecified atom stereocenters. The van der Waals surface area contributed by atoms with Crippen molar-refractivity contribution in [1.82, 2.24) is 10.2 Å². The Morgan fingerprint density at radius 3 is 2.85 bits per heavy atom. The Balaban J connectivity index is 2.51. The molecule has 0 bridgehead atoms. The Labute approximate surface area is 119 Å². The number of carbonyl (C=O) groups excluding carboxylic acids is 1. The number of rotatable bonds is 4. The number of esters is 1. The summed E-state index contributed by atoms with van der Waals surface area (Å²) >= 11 is 2.10. The largest absolute Gasteiger partial charge is 0.465 e. The second-order valence-electron chi connectivity index (χ2n) is 3.36. The quantitative estimate of drug-likeness (QED) is 0.486. The molecule has 0 aliphatic rings. The summed E-state index contributed by atoms with van der Waals surface area (Å²) in [6, 6.07) is 1.76. The maximum atomic E-state index is 13.7. The number of aromatic nitrogens is 2. The first-order chi connectivity index (χ1) is 9.52. The minimum atomic E-state index is -1.01. The third-order valence-electron chi connectivity index (χ3n) is 2.19. The van der Waals surface area contributed by atoms with Gasteiger partial charge >= 0.3 is 5.97 Å². The van der Waals surface area contributed by atoms with E-state index in [9.17, 15) is 19.3 Å². The predicted octanol–water partition coefficient (Wildman–Crippen LogP) is 2.52. The smallest absolute Gasteiger partial charge is 0.340 e. The third-order valence-corrected chi connectivity index (χ3v) is 4.01. The van der Waals surface area contributed by atoms with E-state index < -0.39 is 22.4 Å². The minimum absolute atomic E-state index is 0.0913. The van der Waals surface area contributed by atoms with Crippen LogP contribution in [0.3, 0.4) is 0 Å². The SMILES string of the molecule is COC(=O)c1cc(Sc2nncs2)c([N+](=O)[O-])cc1F. The fourth-order valence-corrected chi connectivity index (χ4v) is 2.90. The number of benzene rings is 1. The van der Waals surface area contributed by atoms with Crippen molar-refractivity contribution in [2.45, 2.75) is 9.24 Å². The van der Waals surface area contributed by atoms with Crippen LogP contribution >= 0.6 is 23.1 Å². The van der Waals surface area contributed by atoms with Crippen LogP contribution in [0, 0.1) is 15.9 Å². The fraction of sp³-hybridized carbons (Fsp3) is 0.100. The number of ether oxygens (including phenoxy) is 1. The molecule has 0 saturated carbocycles. The molecule has 0 atom stereocenters. The Morgan fingerprint density at radius 2 is 2.30 bits per heavy atom. The average Bonchev–Trinajstić information content (AvgIpc) is 2.92. The van der Waals surface area contributed by atoms with Crippen molar-refractivity contribution in [2.24, 2.45) is 0 Å². The molecule has 20 heavy (non-hydrogen) atoms. The summed E-state index contributed by atoms with van der Waals surface area (Å²) in [4.78, 5) is 21.7. The van der Waals surface area contributed by atoms with Gasteiger partial charge in [0.15, 0.2) is 4.34 Å². The number of halogens is 1. The summed E-state index contributed by atoms with van der Waals surface area (Å²) < 4.78 is 18.5. The lowest BCUT2D eigenvalue weighted by atomic mass is 10.2. The number of nitro benzene ring substituents is 1. The van der Waals surface area contributed by atoms with Crippen LogP contribution in [0.1, 0.15) is 10.4 Å². The van der Waals surface area contributed by atoms with Crippen molar-refractivity contribution in [3.63, 3.8) is 0 Å². The number of methoxy groups -OCH3 is 1. The molecule has 10 heteroatoms. The van der Waals surface area contributed by atoms with Gasteiger partial charge in [0.25, 0.3) is 5.69 Å². The number of nitro groups is 1. The van der Waals surface area contributed by atoms with E-state index in [0.717, 1.165) is 24.9 Å². The molecular weight excluding hydrogens is 309 g/mol. The van der Waals surface area contributed by atoms with E-state index in [1.54, 1.807) is 0 Å². The molecule has 1 aromatic heterocycles. The molecule has 0 aliphatic heterocycles. The molecule has 1 heterocycles. The van der Waals surface area contributed by atoms with Gasteiger partial charge in [0.05, 0.1) is 28.6 Å². The zero-order valence-corrected chi connectivity index (χ0v) is 11.5. The maximum absolute atomic E-state index is 13.7. The first kappa shape index (κ1) is 14.3. The topological polar surface area (TPSA) is 95.2 Å². The normalized spacial score (nSPS) is 10.3. The first-order valence-corrected chi connectivity index (χ1v) is 6.72. The number of nitrogens with zero attached hydrogens (tertiary/aromatic N) is 3. The second-order valence-corrected chi connectivity index (χ2v) is 5.48. The van der Waals surface area contributed by atoms with Crippen LogP contribution in [0.15, 0.2) is 26.9 Å². The highest BCUT2D eigenvalue weighted by atomic mass is 32.2. The number of hydrogen-bond donors (Lipinski definition) is 0. The summed E-state index contributed by atoms with van der Waals surface area (Å²) in [5.74, 6) is -1.92. The lowest BCUT2D eigenvalue weighted by Gasteiger charge is -2.05. The van der Waals surface area contributed by atoms with Crippen LogP contribution in [0.25, 0.3) is 0 Å². The summed E-state index contributed by atoms with van der Waals surface area (Å²) in [6.45, 7) is 0. The van der Waals surface area contributed by atoms with Crippen LogP contribution in [-0.4, -0.2) is 28.2 Å². The molecule has 7 nitrogen and oxygen atoms in total. The Kier molecular flexibility index (Phi) is 4.25. The van der Waals surface area contributed by atoms with E-state index in [-0.39, 0.29) is 10.5 Å². The number of hydrogen-bond acceptors (Lipinski definition) is 8. The van der Waals surface area contributed by atoms with Gasteiger partial charge in [0.2, 0.25) is 0 Å². The average molecular weight is 315 g/mol. The summed E-state index contributed by atoms with van der Waals surface area (Å²) in [5, 5.41) is 18.3. The van der Waals surface area contributed by atoms with Crippen molar-refractivity contribution in [1.29, 1.82) is 0 Å². The van der Waals surface area contributed by atoms with E-state index >= 15 is 0 Å². The van der Waals surface area contributed by atoms with Gasteiger partial charge in [-0.3, -0.25) is 10.1 Å². The second kappa shape index (κ2) is 5.92. The van der Waals surface area contributed by atoms with E-state index in [4.69, 9.17) is 0 Å². The van der Waals surface area contributed by atoms with Gasteiger partial charge in [-0.1, -0.05) is 23.1 Å². The minimum Gasteiger partial charge on any atom is -0.465 e. The van der Waals surface area contributed by atoms with Crippen molar-refractivity contribution >= 4 is 34.8 Å². The fourth-order valence-electron chi connectivity index (χ4n) is 1.34. The van der Waals surface area contributed by atoms with E-state index in [0.29, 0.717) is 10.4 Å².